The average molecular weight is 358 g/mol. The van der Waals surface area contributed by atoms with Gasteiger partial charge in [0, 0.05) is 25.9 Å². The Morgan fingerprint density at radius 2 is 1.92 bits per heavy atom. The van der Waals surface area contributed by atoms with Crippen molar-refractivity contribution in [3.8, 4) is 0 Å². The van der Waals surface area contributed by atoms with Crippen LogP contribution in [0.3, 0.4) is 0 Å². The van der Waals surface area contributed by atoms with Gasteiger partial charge in [-0.25, -0.2) is 17.6 Å². The molecule has 0 atom stereocenters. The maximum absolute atomic E-state index is 13.0. The summed E-state index contributed by atoms with van der Waals surface area (Å²) in [6.45, 7) is 0.380. The monoisotopic (exact) mass is 358 g/mol. The van der Waals surface area contributed by atoms with Crippen LogP contribution in [0.15, 0.2) is 34.3 Å². The number of carboxylic acid groups (broad SMARTS) is 1. The molecule has 2 aliphatic rings. The van der Waals surface area contributed by atoms with E-state index in [2.05, 4.69) is 9.89 Å². The molecule has 24 heavy (non-hydrogen) atoms. The third-order valence-electron chi connectivity index (χ3n) is 4.10. The normalized spacial score (nSPS) is 20.5. The highest BCUT2D eigenvalue weighted by Crippen LogP contribution is 2.36. The minimum absolute atomic E-state index is 0.0262. The molecule has 10 heteroatoms. The first kappa shape index (κ1) is 16.7. The zero-order chi connectivity index (χ0) is 17.4. The molecule has 0 aliphatic carbocycles. The van der Waals surface area contributed by atoms with Crippen LogP contribution >= 0.6 is 0 Å². The van der Waals surface area contributed by atoms with Gasteiger partial charge in [0.25, 0.3) is 0 Å². The Kier molecular flexibility index (Phi) is 4.18. The molecule has 0 saturated carbocycles. The van der Waals surface area contributed by atoms with Crippen LogP contribution in [0.25, 0.3) is 0 Å². The van der Waals surface area contributed by atoms with Crippen molar-refractivity contribution in [3.05, 3.63) is 30.1 Å². The van der Waals surface area contributed by atoms with E-state index in [1.807, 2.05) is 0 Å². The smallest absolute Gasteiger partial charge is 0.449 e. The summed E-state index contributed by atoms with van der Waals surface area (Å²) in [5.74, 6) is -0.536. The number of halogens is 1. The molecule has 0 radical (unpaired) electrons. The first-order chi connectivity index (χ1) is 11.3. The number of rotatable bonds is 2. The van der Waals surface area contributed by atoms with Crippen LogP contribution in [0.5, 0.6) is 0 Å². The summed E-state index contributed by atoms with van der Waals surface area (Å²) in [5.41, 5.74) is -0.737. The molecule has 3 rings (SSSR count). The summed E-state index contributed by atoms with van der Waals surface area (Å²) in [5, 5.41) is 12.2. The Bertz CT molecular complexity index is 769. The number of sulfonamides is 1. The maximum atomic E-state index is 13.0. The minimum Gasteiger partial charge on any atom is -0.449 e. The molecular weight excluding hydrogens is 343 g/mol. The van der Waals surface area contributed by atoms with Crippen LogP contribution in [-0.4, -0.2) is 48.6 Å². The number of benzene rings is 1. The molecule has 0 amide bonds. The molecule has 1 spiro atoms. The van der Waals surface area contributed by atoms with Crippen LogP contribution in [0.1, 0.15) is 19.3 Å². The Morgan fingerprint density at radius 1 is 1.29 bits per heavy atom. The number of piperidine rings is 1. The lowest BCUT2D eigenvalue weighted by Gasteiger charge is -2.36. The lowest BCUT2D eigenvalue weighted by Crippen LogP contribution is -2.46. The van der Waals surface area contributed by atoms with Gasteiger partial charge in [-0.2, -0.15) is 4.31 Å². The average Bonchev–Trinajstić information content (AvgIpc) is 2.90. The molecule has 1 fully saturated rings. The van der Waals surface area contributed by atoms with E-state index >= 15 is 0 Å². The summed E-state index contributed by atoms with van der Waals surface area (Å²) in [7, 11) is -3.71. The van der Waals surface area contributed by atoms with Crippen molar-refractivity contribution >= 4 is 22.1 Å². The molecule has 1 N–H and O–H groups in total. The lowest BCUT2D eigenvalue weighted by atomic mass is 9.89. The van der Waals surface area contributed by atoms with Gasteiger partial charge in [-0.05, 0) is 24.3 Å². The standard InChI is InChI=1S/C14H15FN2O6S/c15-10-1-3-11(4-2-10)24(20,21)17-7-5-14(6-8-17)9-12(16-23-14)22-13(18)19/h1-4H,5-9H2,(H,18,19). The number of ether oxygens (including phenoxy) is 1. The predicted molar refractivity (Wildman–Crippen MR) is 79.4 cm³/mol. The van der Waals surface area contributed by atoms with Crippen molar-refractivity contribution in [3.63, 3.8) is 0 Å². The number of nitrogens with zero attached hydrogens (tertiary/aromatic N) is 2. The van der Waals surface area contributed by atoms with Crippen molar-refractivity contribution in [1.29, 1.82) is 0 Å². The fourth-order valence-corrected chi connectivity index (χ4v) is 4.24. The van der Waals surface area contributed by atoms with Crippen LogP contribution in [0, 0.1) is 5.82 Å². The summed E-state index contributed by atoms with van der Waals surface area (Å²) < 4.78 is 43.8. The molecule has 2 heterocycles. The van der Waals surface area contributed by atoms with Gasteiger partial charge in [0.2, 0.25) is 15.9 Å². The third-order valence-corrected chi connectivity index (χ3v) is 6.02. The van der Waals surface area contributed by atoms with Crippen molar-refractivity contribution in [1.82, 2.24) is 4.31 Å². The Hall–Kier alpha value is -2.20. The summed E-state index contributed by atoms with van der Waals surface area (Å²) in [4.78, 5) is 15.9. The topological polar surface area (TPSA) is 106 Å². The summed E-state index contributed by atoms with van der Waals surface area (Å²) >= 11 is 0. The van der Waals surface area contributed by atoms with Crippen molar-refractivity contribution < 1.29 is 32.3 Å². The Morgan fingerprint density at radius 3 is 2.50 bits per heavy atom. The Labute approximate surface area is 137 Å². The lowest BCUT2D eigenvalue weighted by molar-refractivity contribution is -0.0506. The van der Waals surface area contributed by atoms with Crippen molar-refractivity contribution in [2.75, 3.05) is 13.1 Å². The SMILES string of the molecule is O=C(O)OC1=NOC2(CCN(S(=O)(=O)c3ccc(F)cc3)CC2)C1. The molecule has 2 aliphatic heterocycles. The van der Waals surface area contributed by atoms with Crippen LogP contribution in [0.4, 0.5) is 9.18 Å². The fraction of sp³-hybridized carbons (Fsp3) is 0.429. The highest BCUT2D eigenvalue weighted by Gasteiger charge is 2.45. The molecule has 1 aromatic carbocycles. The van der Waals surface area contributed by atoms with Gasteiger partial charge in [0.05, 0.1) is 11.3 Å². The highest BCUT2D eigenvalue weighted by molar-refractivity contribution is 7.89. The van der Waals surface area contributed by atoms with Gasteiger partial charge in [0.1, 0.15) is 11.4 Å². The molecule has 1 saturated heterocycles. The van der Waals surface area contributed by atoms with Gasteiger partial charge in [-0.1, -0.05) is 5.16 Å². The van der Waals surface area contributed by atoms with Crippen LogP contribution in [0.2, 0.25) is 0 Å². The summed E-state index contributed by atoms with van der Waals surface area (Å²) in [6, 6.07) is 4.65. The maximum Gasteiger partial charge on any atom is 0.512 e. The molecule has 0 aromatic heterocycles. The van der Waals surface area contributed by atoms with Crippen molar-refractivity contribution in [2.24, 2.45) is 5.16 Å². The molecule has 0 unspecified atom stereocenters. The molecule has 1 aromatic rings. The Balaban J connectivity index is 1.65. The number of hydrogen-bond acceptors (Lipinski definition) is 6. The van der Waals surface area contributed by atoms with E-state index in [0.717, 1.165) is 12.1 Å². The van der Waals surface area contributed by atoms with E-state index in [4.69, 9.17) is 9.94 Å². The fourth-order valence-electron chi connectivity index (χ4n) is 2.80. The van der Waals surface area contributed by atoms with E-state index in [9.17, 15) is 17.6 Å². The van der Waals surface area contributed by atoms with Crippen molar-refractivity contribution in [2.45, 2.75) is 29.8 Å². The largest absolute Gasteiger partial charge is 0.512 e. The van der Waals surface area contributed by atoms with Crippen LogP contribution in [-0.2, 0) is 19.6 Å². The second kappa shape index (κ2) is 6.02. The highest BCUT2D eigenvalue weighted by atomic mass is 32.2. The van der Waals surface area contributed by atoms with E-state index in [0.29, 0.717) is 12.8 Å². The zero-order valence-corrected chi connectivity index (χ0v) is 13.3. The van der Waals surface area contributed by atoms with E-state index < -0.39 is 27.6 Å². The predicted octanol–water partition coefficient (Wildman–Crippen LogP) is 1.78. The van der Waals surface area contributed by atoms with E-state index in [-0.39, 0.29) is 30.3 Å². The molecular formula is C14H15FN2O6S. The van der Waals surface area contributed by atoms with Gasteiger partial charge >= 0.3 is 6.16 Å². The van der Waals surface area contributed by atoms with Gasteiger partial charge in [-0.15, -0.1) is 0 Å². The molecule has 130 valence electrons. The summed E-state index contributed by atoms with van der Waals surface area (Å²) in [6.07, 6.45) is -0.581. The number of carbonyl (C=O) groups is 1. The van der Waals surface area contributed by atoms with E-state index in [1.165, 1.54) is 16.4 Å². The second-order valence-electron chi connectivity index (χ2n) is 5.66. The first-order valence-electron chi connectivity index (χ1n) is 7.22. The first-order valence-corrected chi connectivity index (χ1v) is 8.66. The van der Waals surface area contributed by atoms with Gasteiger partial charge < -0.3 is 14.7 Å². The quantitative estimate of drug-likeness (QED) is 0.808. The second-order valence-corrected chi connectivity index (χ2v) is 7.60. The zero-order valence-electron chi connectivity index (χ0n) is 12.5. The third kappa shape index (κ3) is 3.20. The van der Waals surface area contributed by atoms with E-state index in [1.54, 1.807) is 0 Å². The number of hydrogen-bond donors (Lipinski definition) is 1. The van der Waals surface area contributed by atoms with Gasteiger partial charge in [-0.3, -0.25) is 0 Å². The van der Waals surface area contributed by atoms with Gasteiger partial charge in [0.15, 0.2) is 0 Å². The molecule has 0 bridgehead atoms. The minimum atomic E-state index is -3.71. The van der Waals surface area contributed by atoms with Crippen LogP contribution < -0.4 is 0 Å². The molecule has 8 nitrogen and oxygen atoms in total. The number of oxime groups is 1.